The Morgan fingerprint density at radius 3 is 2.42 bits per heavy atom. The van der Waals surface area contributed by atoms with Crippen LogP contribution in [0.15, 0.2) is 0 Å². The first-order valence-electron chi connectivity index (χ1n) is 3.03. The Kier molecular flexibility index (Phi) is 7.87. The lowest BCUT2D eigenvalue weighted by molar-refractivity contribution is 2.11. The summed E-state index contributed by atoms with van der Waals surface area (Å²) in [6.45, 7) is 3.21. The van der Waals surface area contributed by atoms with Crippen molar-refractivity contribution in [2.75, 3.05) is 0 Å². The van der Waals surface area contributed by atoms with Gasteiger partial charge in [-0.1, -0.05) is 24.8 Å². The maximum Gasteiger partial charge on any atom is 0.000331 e. The molecule has 8 unspecified atom stereocenters. The molecule has 10 heteroatoms. The van der Waals surface area contributed by atoms with Gasteiger partial charge in [-0.15, -0.1) is 26.8 Å². The highest BCUT2D eigenvalue weighted by molar-refractivity contribution is 9.16. The molecule has 1 heterocycles. The molecule has 0 aromatic heterocycles. The Labute approximate surface area is 91.6 Å². The maximum atomic E-state index is 3.11. The van der Waals surface area contributed by atoms with Gasteiger partial charge in [0.25, 0.3) is 0 Å². The van der Waals surface area contributed by atoms with Gasteiger partial charge in [0, 0.05) is 6.99 Å². The molecule has 0 N–H and O–H groups in total. The minimum absolute atomic E-state index is 0.167. The van der Waals surface area contributed by atoms with Crippen molar-refractivity contribution >= 4 is 84.9 Å². The first-order valence-corrected chi connectivity index (χ1v) is 20.6. The Balaban J connectivity index is 2.77. The summed E-state index contributed by atoms with van der Waals surface area (Å²) in [6.07, 6.45) is 0. The standard InChI is InChI=1S/C2H12P10/c1-2-7-11(6)12(8-3)9(2)10(4)5/h8H,3-6H2,1H3. The molecule has 0 fully saturated rings. The summed E-state index contributed by atoms with van der Waals surface area (Å²) in [6, 6.07) is 0. The first kappa shape index (κ1) is 14.1. The molecule has 0 aromatic rings. The van der Waals surface area contributed by atoms with Gasteiger partial charge in [0.05, 0.1) is 0 Å². The Bertz CT molecular complexity index is 184. The van der Waals surface area contributed by atoms with Gasteiger partial charge in [0.1, 0.15) is 0 Å². The van der Waals surface area contributed by atoms with E-state index >= 15 is 0 Å². The molecule has 0 saturated carbocycles. The number of rotatable bonds is 2. The SMILES string of the molecule is CC1=PP(P)P(PP)P1P(P)P. The summed E-state index contributed by atoms with van der Waals surface area (Å²) < 4.78 is 0. The van der Waals surface area contributed by atoms with Crippen molar-refractivity contribution in [3.05, 3.63) is 0 Å². The van der Waals surface area contributed by atoms with Crippen LogP contribution in [0.5, 0.6) is 0 Å². The van der Waals surface area contributed by atoms with Crippen LogP contribution in [0.25, 0.3) is 0 Å². The zero-order valence-corrected chi connectivity index (χ0v) is 16.6. The lowest BCUT2D eigenvalue weighted by Crippen LogP contribution is -1.69. The molecular weight excluding hydrogens is 334 g/mol. The second-order valence-corrected chi connectivity index (χ2v) is 37.6. The lowest BCUT2D eigenvalue weighted by atomic mass is 11.0. The van der Waals surface area contributed by atoms with Gasteiger partial charge in [-0.05, 0) is 33.2 Å². The topological polar surface area (TPSA) is 0 Å². The second kappa shape index (κ2) is 6.70. The van der Waals surface area contributed by atoms with Crippen molar-refractivity contribution in [1.29, 1.82) is 0 Å². The molecule has 0 bridgehead atoms. The van der Waals surface area contributed by atoms with Crippen LogP contribution < -0.4 is 0 Å². The van der Waals surface area contributed by atoms with Crippen molar-refractivity contribution in [3.63, 3.8) is 0 Å². The monoisotopic (exact) mass is 346 g/mol. The van der Waals surface area contributed by atoms with E-state index in [0.717, 1.165) is 7.96 Å². The van der Waals surface area contributed by atoms with Gasteiger partial charge in [-0.25, -0.2) is 0 Å². The van der Waals surface area contributed by atoms with Crippen LogP contribution >= 0.6 is 79.8 Å². The van der Waals surface area contributed by atoms with E-state index in [4.69, 9.17) is 0 Å². The molecule has 70 valence electrons. The highest BCUT2D eigenvalue weighted by atomic mass is 33.1. The molecule has 1 aliphatic heterocycles. The smallest absolute Gasteiger partial charge is 0.000331 e. The van der Waals surface area contributed by atoms with Gasteiger partial charge in [0.2, 0.25) is 0 Å². The van der Waals surface area contributed by atoms with Crippen LogP contribution in [-0.2, 0) is 0 Å². The van der Waals surface area contributed by atoms with Crippen molar-refractivity contribution in [2.45, 2.75) is 6.92 Å². The molecule has 0 aliphatic carbocycles. The molecule has 8 atom stereocenters. The minimum Gasteiger partial charge on any atom is -0.109 e. The van der Waals surface area contributed by atoms with Gasteiger partial charge in [-0.2, -0.15) is 0 Å². The fourth-order valence-corrected chi connectivity index (χ4v) is 86.9. The molecule has 1 rings (SSSR count). The predicted octanol–water partition coefficient (Wildman–Crippen LogP) is 6.44. The van der Waals surface area contributed by atoms with Crippen LogP contribution in [0.1, 0.15) is 6.92 Å². The summed E-state index contributed by atoms with van der Waals surface area (Å²) >= 11 is 0. The average molecular weight is 346 g/mol. The summed E-state index contributed by atoms with van der Waals surface area (Å²) in [5, 5.41) is 1.81. The molecule has 1 aliphatic rings. The van der Waals surface area contributed by atoms with Crippen molar-refractivity contribution in [2.24, 2.45) is 0 Å². The maximum absolute atomic E-state index is 3.11. The molecule has 0 spiro atoms. The number of hydrogen-bond acceptors (Lipinski definition) is 0. The van der Waals surface area contributed by atoms with E-state index in [-0.39, 0.29) is 14.0 Å². The summed E-state index contributed by atoms with van der Waals surface area (Å²) in [5.41, 5.74) is 0. The van der Waals surface area contributed by atoms with Crippen LogP contribution in [0.2, 0.25) is 0 Å². The Morgan fingerprint density at radius 2 is 2.08 bits per heavy atom. The van der Waals surface area contributed by atoms with Gasteiger partial charge in [-0.3, -0.25) is 0 Å². The van der Waals surface area contributed by atoms with Crippen LogP contribution in [0.4, 0.5) is 0 Å². The first-order chi connectivity index (χ1) is 5.57. The molecular formula is C2H12P10. The highest BCUT2D eigenvalue weighted by Gasteiger charge is 2.34. The molecule has 12 heavy (non-hydrogen) atoms. The normalized spacial score (nSPS) is 38.2. The van der Waals surface area contributed by atoms with E-state index in [0.29, 0.717) is 14.3 Å². The quantitative estimate of drug-likeness (QED) is 0.505. The van der Waals surface area contributed by atoms with E-state index in [1.807, 2.05) is 5.03 Å². The fourth-order valence-electron chi connectivity index (χ4n) is 0.833. The Morgan fingerprint density at radius 1 is 1.50 bits per heavy atom. The van der Waals surface area contributed by atoms with E-state index in [1.54, 1.807) is 7.89 Å². The fraction of sp³-hybridized carbons (Fsp3) is 0.500. The number of hydrogen-bond donors (Lipinski definition) is 0. The molecule has 0 aromatic carbocycles. The van der Waals surface area contributed by atoms with Crippen LogP contribution in [0, 0.1) is 0 Å². The summed E-state index contributed by atoms with van der Waals surface area (Å²) in [4.78, 5) is 0. The minimum atomic E-state index is 0.167. The summed E-state index contributed by atoms with van der Waals surface area (Å²) in [7, 11) is 15.3. The third-order valence-electron chi connectivity index (χ3n) is 1.24. The zero-order valence-electron chi connectivity index (χ0n) is 6.55. The van der Waals surface area contributed by atoms with Gasteiger partial charge < -0.3 is 0 Å². The lowest BCUT2D eigenvalue weighted by Gasteiger charge is -2.25. The van der Waals surface area contributed by atoms with Crippen molar-refractivity contribution in [1.82, 2.24) is 0 Å². The van der Waals surface area contributed by atoms with Crippen LogP contribution in [0.3, 0.4) is 0 Å². The van der Waals surface area contributed by atoms with Crippen molar-refractivity contribution in [3.8, 4) is 0 Å². The molecule has 0 saturated heterocycles. The zero-order chi connectivity index (χ0) is 9.30. The van der Waals surface area contributed by atoms with Gasteiger partial charge >= 0.3 is 0 Å². The largest absolute Gasteiger partial charge is 0.109 e. The molecule has 0 radical (unpaired) electrons. The van der Waals surface area contributed by atoms with Crippen LogP contribution in [-0.4, -0.2) is 5.03 Å². The van der Waals surface area contributed by atoms with Crippen molar-refractivity contribution < 1.29 is 0 Å². The third-order valence-corrected chi connectivity index (χ3v) is 55.1. The third kappa shape index (κ3) is 3.52. The van der Waals surface area contributed by atoms with E-state index < -0.39 is 0 Å². The molecule has 0 nitrogen and oxygen atoms in total. The molecule has 0 amide bonds. The van der Waals surface area contributed by atoms with E-state index in [9.17, 15) is 0 Å². The average Bonchev–Trinajstić information content (AvgIpc) is 2.24. The van der Waals surface area contributed by atoms with E-state index in [1.165, 1.54) is 0 Å². The second-order valence-electron chi connectivity index (χ2n) is 2.06. The highest BCUT2D eigenvalue weighted by Crippen LogP contribution is 3.14. The van der Waals surface area contributed by atoms with Gasteiger partial charge in [0.15, 0.2) is 0 Å². The predicted molar refractivity (Wildman–Crippen MR) is 92.4 cm³/mol. The Hall–Kier alpha value is 4.04. The summed E-state index contributed by atoms with van der Waals surface area (Å²) in [5.74, 6) is 0. The van der Waals surface area contributed by atoms with E-state index in [2.05, 4.69) is 42.6 Å².